The van der Waals surface area contributed by atoms with Crippen molar-refractivity contribution in [2.45, 2.75) is 38.6 Å². The van der Waals surface area contributed by atoms with Crippen molar-refractivity contribution in [1.29, 1.82) is 0 Å². The van der Waals surface area contributed by atoms with E-state index >= 15 is 0 Å². The first-order valence-corrected chi connectivity index (χ1v) is 8.66. The second kappa shape index (κ2) is 6.07. The van der Waals surface area contributed by atoms with Crippen LogP contribution in [0, 0.1) is 5.92 Å². The maximum Gasteiger partial charge on any atom is 0.240 e. The standard InChI is InChI=1S/C15H22N2O3S/c1-4-20-13-7-5-6-12-15(13)14(21(16,18)19)10-17(12)9-8-11(2)3/h5-7,10-11H,4,8-9H2,1-3H3,(H2,16,18,19). The highest BCUT2D eigenvalue weighted by molar-refractivity contribution is 7.89. The molecule has 0 saturated carbocycles. The third kappa shape index (κ3) is 3.39. The summed E-state index contributed by atoms with van der Waals surface area (Å²) < 4.78 is 31.2. The Morgan fingerprint density at radius 2 is 2.05 bits per heavy atom. The van der Waals surface area contributed by atoms with E-state index in [2.05, 4.69) is 13.8 Å². The monoisotopic (exact) mass is 310 g/mol. The fraction of sp³-hybridized carbons (Fsp3) is 0.467. The van der Waals surface area contributed by atoms with Crippen molar-refractivity contribution < 1.29 is 13.2 Å². The SMILES string of the molecule is CCOc1cccc2c1c(S(N)(=O)=O)cn2CCC(C)C. The van der Waals surface area contributed by atoms with Crippen molar-refractivity contribution in [3.8, 4) is 5.75 Å². The predicted molar refractivity (Wildman–Crippen MR) is 83.9 cm³/mol. The van der Waals surface area contributed by atoms with Crippen LogP contribution in [-0.2, 0) is 16.6 Å². The summed E-state index contributed by atoms with van der Waals surface area (Å²) in [5.41, 5.74) is 0.839. The summed E-state index contributed by atoms with van der Waals surface area (Å²) in [7, 11) is -3.79. The lowest BCUT2D eigenvalue weighted by Crippen LogP contribution is -2.12. The van der Waals surface area contributed by atoms with Crippen molar-refractivity contribution in [3.05, 3.63) is 24.4 Å². The van der Waals surface area contributed by atoms with Gasteiger partial charge in [-0.05, 0) is 31.4 Å². The molecule has 0 radical (unpaired) electrons. The summed E-state index contributed by atoms with van der Waals surface area (Å²) in [6, 6.07) is 5.53. The maximum absolute atomic E-state index is 11.9. The Kier molecular flexibility index (Phi) is 4.58. The fourth-order valence-electron chi connectivity index (χ4n) is 2.36. The molecule has 0 aliphatic heterocycles. The molecule has 1 aromatic heterocycles. The lowest BCUT2D eigenvalue weighted by atomic mass is 10.1. The van der Waals surface area contributed by atoms with Crippen LogP contribution in [-0.4, -0.2) is 19.6 Å². The fourth-order valence-corrected chi connectivity index (χ4v) is 3.12. The molecule has 1 heterocycles. The van der Waals surface area contributed by atoms with Gasteiger partial charge in [-0.15, -0.1) is 0 Å². The summed E-state index contributed by atoms with van der Waals surface area (Å²) >= 11 is 0. The molecule has 0 saturated heterocycles. The minimum Gasteiger partial charge on any atom is -0.493 e. The third-order valence-corrected chi connectivity index (χ3v) is 4.31. The zero-order valence-corrected chi connectivity index (χ0v) is 13.5. The zero-order chi connectivity index (χ0) is 15.6. The molecular formula is C15H22N2O3S. The highest BCUT2D eigenvalue weighted by Gasteiger charge is 2.20. The molecule has 0 aliphatic rings. The lowest BCUT2D eigenvalue weighted by molar-refractivity contribution is 0.344. The van der Waals surface area contributed by atoms with Crippen molar-refractivity contribution in [1.82, 2.24) is 4.57 Å². The molecule has 21 heavy (non-hydrogen) atoms. The van der Waals surface area contributed by atoms with Gasteiger partial charge in [-0.2, -0.15) is 0 Å². The molecule has 0 aliphatic carbocycles. The second-order valence-electron chi connectivity index (χ2n) is 5.50. The number of primary sulfonamides is 1. The Morgan fingerprint density at radius 1 is 1.33 bits per heavy atom. The van der Waals surface area contributed by atoms with Gasteiger partial charge in [0.25, 0.3) is 0 Å². The van der Waals surface area contributed by atoms with Crippen LogP contribution in [0.25, 0.3) is 10.9 Å². The van der Waals surface area contributed by atoms with Gasteiger partial charge < -0.3 is 9.30 Å². The number of benzene rings is 1. The number of sulfonamides is 1. The number of nitrogens with two attached hydrogens (primary N) is 1. The minimum absolute atomic E-state index is 0.130. The first-order valence-electron chi connectivity index (χ1n) is 7.12. The average Bonchev–Trinajstić information content (AvgIpc) is 2.76. The van der Waals surface area contributed by atoms with E-state index in [0.29, 0.717) is 23.7 Å². The van der Waals surface area contributed by atoms with Crippen LogP contribution < -0.4 is 9.88 Å². The van der Waals surface area contributed by atoms with Crippen LogP contribution in [0.15, 0.2) is 29.3 Å². The molecule has 116 valence electrons. The summed E-state index contributed by atoms with van der Waals surface area (Å²) in [5.74, 6) is 1.10. The number of hydrogen-bond donors (Lipinski definition) is 1. The van der Waals surface area contributed by atoms with Crippen LogP contribution in [0.2, 0.25) is 0 Å². The number of aryl methyl sites for hydroxylation is 1. The Hall–Kier alpha value is -1.53. The first kappa shape index (κ1) is 15.9. The smallest absolute Gasteiger partial charge is 0.240 e. The topological polar surface area (TPSA) is 74.3 Å². The average molecular weight is 310 g/mol. The second-order valence-corrected chi connectivity index (χ2v) is 7.03. The van der Waals surface area contributed by atoms with E-state index < -0.39 is 10.0 Å². The van der Waals surface area contributed by atoms with E-state index in [1.54, 1.807) is 12.3 Å². The van der Waals surface area contributed by atoms with Gasteiger partial charge >= 0.3 is 0 Å². The van der Waals surface area contributed by atoms with Gasteiger partial charge in [0.15, 0.2) is 0 Å². The Morgan fingerprint density at radius 3 is 2.62 bits per heavy atom. The summed E-state index contributed by atoms with van der Waals surface area (Å²) in [6.07, 6.45) is 2.58. The Balaban J connectivity index is 2.65. The van der Waals surface area contributed by atoms with Gasteiger partial charge in [-0.3, -0.25) is 0 Å². The zero-order valence-electron chi connectivity index (χ0n) is 12.7. The van der Waals surface area contributed by atoms with Gasteiger partial charge in [0.05, 0.1) is 17.5 Å². The van der Waals surface area contributed by atoms with Crippen LogP contribution in [0.4, 0.5) is 0 Å². The number of hydrogen-bond acceptors (Lipinski definition) is 3. The molecule has 0 bridgehead atoms. The van der Waals surface area contributed by atoms with Crippen LogP contribution >= 0.6 is 0 Å². The van der Waals surface area contributed by atoms with Gasteiger partial charge in [0.1, 0.15) is 10.6 Å². The van der Waals surface area contributed by atoms with E-state index in [1.165, 1.54) is 0 Å². The highest BCUT2D eigenvalue weighted by atomic mass is 32.2. The summed E-state index contributed by atoms with van der Waals surface area (Å²) in [6.45, 7) is 7.36. The van der Waals surface area contributed by atoms with Gasteiger partial charge in [0, 0.05) is 12.7 Å². The number of aromatic nitrogens is 1. The van der Waals surface area contributed by atoms with E-state index in [-0.39, 0.29) is 4.90 Å². The maximum atomic E-state index is 11.9. The molecular weight excluding hydrogens is 288 g/mol. The number of fused-ring (bicyclic) bond motifs is 1. The molecule has 2 N–H and O–H groups in total. The normalized spacial score (nSPS) is 12.2. The molecule has 0 fully saturated rings. The van der Waals surface area contributed by atoms with Crippen molar-refractivity contribution in [2.75, 3.05) is 6.61 Å². The lowest BCUT2D eigenvalue weighted by Gasteiger charge is -2.09. The van der Waals surface area contributed by atoms with Crippen LogP contribution in [0.3, 0.4) is 0 Å². The quantitative estimate of drug-likeness (QED) is 0.891. The van der Waals surface area contributed by atoms with Gasteiger partial charge in [-0.1, -0.05) is 19.9 Å². The molecule has 2 aromatic rings. The van der Waals surface area contributed by atoms with Gasteiger partial charge in [-0.25, -0.2) is 13.6 Å². The first-order chi connectivity index (χ1) is 9.84. The summed E-state index contributed by atoms with van der Waals surface area (Å²) in [4.78, 5) is 0.130. The van der Waals surface area contributed by atoms with E-state index in [9.17, 15) is 8.42 Å². The number of ether oxygens (including phenoxy) is 1. The number of rotatable bonds is 6. The molecule has 6 heteroatoms. The van der Waals surface area contributed by atoms with Gasteiger partial charge in [0.2, 0.25) is 10.0 Å². The molecule has 0 amide bonds. The largest absolute Gasteiger partial charge is 0.493 e. The van der Waals surface area contributed by atoms with Crippen molar-refractivity contribution in [2.24, 2.45) is 11.1 Å². The van der Waals surface area contributed by atoms with E-state index in [1.807, 2.05) is 23.6 Å². The summed E-state index contributed by atoms with van der Waals surface area (Å²) in [5, 5.41) is 5.94. The molecule has 0 spiro atoms. The predicted octanol–water partition coefficient (Wildman–Crippen LogP) is 2.73. The Bertz CT molecular complexity index is 733. The van der Waals surface area contributed by atoms with Crippen molar-refractivity contribution >= 4 is 20.9 Å². The molecule has 0 unspecified atom stereocenters. The van der Waals surface area contributed by atoms with E-state index in [4.69, 9.17) is 9.88 Å². The van der Waals surface area contributed by atoms with Crippen molar-refractivity contribution in [3.63, 3.8) is 0 Å². The third-order valence-electron chi connectivity index (χ3n) is 3.39. The molecule has 1 aromatic carbocycles. The Labute approximate surface area is 125 Å². The molecule has 5 nitrogen and oxygen atoms in total. The van der Waals surface area contributed by atoms with Crippen LogP contribution in [0.5, 0.6) is 5.75 Å². The number of nitrogens with zero attached hydrogens (tertiary/aromatic N) is 1. The molecule has 2 rings (SSSR count). The highest BCUT2D eigenvalue weighted by Crippen LogP contribution is 2.33. The minimum atomic E-state index is -3.79. The molecule has 0 atom stereocenters. The van der Waals surface area contributed by atoms with E-state index in [0.717, 1.165) is 18.5 Å². The van der Waals surface area contributed by atoms with Crippen LogP contribution in [0.1, 0.15) is 27.2 Å².